The van der Waals surface area contributed by atoms with Gasteiger partial charge in [-0.15, -0.1) is 0 Å². The van der Waals surface area contributed by atoms with Crippen molar-refractivity contribution in [1.29, 1.82) is 0 Å². The number of anilines is 1. The monoisotopic (exact) mass is 276 g/mol. The second-order valence-corrected chi connectivity index (χ2v) is 5.80. The fourth-order valence-electron chi connectivity index (χ4n) is 2.82. The molecule has 1 aromatic rings. The Balaban J connectivity index is 1.48. The van der Waals surface area contributed by atoms with E-state index >= 15 is 0 Å². The third kappa shape index (κ3) is 2.78. The Hall–Kier alpha value is -1.59. The Morgan fingerprint density at radius 2 is 2.25 bits per heavy atom. The molecule has 2 fully saturated rings. The van der Waals surface area contributed by atoms with Gasteiger partial charge in [-0.25, -0.2) is 0 Å². The minimum absolute atomic E-state index is 0.0592. The molecule has 1 aliphatic heterocycles. The van der Waals surface area contributed by atoms with Crippen molar-refractivity contribution in [1.82, 2.24) is 4.90 Å². The van der Waals surface area contributed by atoms with Crippen molar-refractivity contribution < 1.29 is 14.6 Å². The first-order valence-electron chi connectivity index (χ1n) is 6.98. The number of nitrogens with one attached hydrogen (secondary N) is 1. The van der Waals surface area contributed by atoms with Crippen molar-refractivity contribution in [2.75, 3.05) is 32.1 Å². The number of hydrogen-bond acceptors (Lipinski definition) is 4. The highest BCUT2D eigenvalue weighted by atomic mass is 16.5. The van der Waals surface area contributed by atoms with Crippen LogP contribution in [0.1, 0.15) is 12.8 Å². The van der Waals surface area contributed by atoms with Gasteiger partial charge < -0.3 is 15.2 Å². The Labute approximate surface area is 118 Å². The van der Waals surface area contributed by atoms with Crippen LogP contribution in [0.3, 0.4) is 0 Å². The molecule has 1 saturated carbocycles. The van der Waals surface area contributed by atoms with Crippen LogP contribution in [0.4, 0.5) is 5.69 Å². The summed E-state index contributed by atoms with van der Waals surface area (Å²) in [4.78, 5) is 13.9. The molecule has 1 saturated heterocycles. The predicted molar refractivity (Wildman–Crippen MR) is 75.7 cm³/mol. The third-order valence-corrected chi connectivity index (χ3v) is 4.05. The van der Waals surface area contributed by atoms with E-state index in [0.29, 0.717) is 25.6 Å². The number of ether oxygens (including phenoxy) is 1. The first-order valence-corrected chi connectivity index (χ1v) is 6.98. The van der Waals surface area contributed by atoms with Crippen LogP contribution in [0, 0.1) is 5.92 Å². The van der Waals surface area contributed by atoms with Crippen molar-refractivity contribution in [2.24, 2.45) is 5.92 Å². The van der Waals surface area contributed by atoms with Crippen molar-refractivity contribution in [3.63, 3.8) is 0 Å². The van der Waals surface area contributed by atoms with E-state index in [1.165, 1.54) is 0 Å². The van der Waals surface area contributed by atoms with E-state index in [4.69, 9.17) is 4.74 Å². The maximum absolute atomic E-state index is 11.9. The summed E-state index contributed by atoms with van der Waals surface area (Å²) in [6.07, 6.45) is 2.25. The Bertz CT molecular complexity index is 508. The maximum atomic E-state index is 11.9. The van der Waals surface area contributed by atoms with Crippen LogP contribution in [0.25, 0.3) is 0 Å². The number of carbonyl (C=O) groups excluding carboxylic acids is 1. The molecule has 1 aliphatic carbocycles. The quantitative estimate of drug-likeness (QED) is 0.845. The lowest BCUT2D eigenvalue weighted by atomic mass is 9.89. The van der Waals surface area contributed by atoms with E-state index in [-0.39, 0.29) is 5.91 Å². The topological polar surface area (TPSA) is 61.8 Å². The number of carbonyl (C=O) groups is 1. The number of β-amino-alcohol motifs (C(OH)–C–C–N with tert-alkyl or cyclic N) is 1. The van der Waals surface area contributed by atoms with E-state index in [0.717, 1.165) is 24.3 Å². The molecule has 0 radical (unpaired) electrons. The Morgan fingerprint density at radius 1 is 1.50 bits per heavy atom. The molecule has 5 heteroatoms. The van der Waals surface area contributed by atoms with Crippen LogP contribution < -0.4 is 10.1 Å². The summed E-state index contributed by atoms with van der Waals surface area (Å²) in [5.74, 6) is 1.12. The fraction of sp³-hybridized carbons (Fsp3) is 0.533. The lowest BCUT2D eigenvalue weighted by Crippen LogP contribution is -2.64. The van der Waals surface area contributed by atoms with Gasteiger partial charge in [-0.1, -0.05) is 6.07 Å². The Kier molecular flexibility index (Phi) is 3.40. The maximum Gasteiger partial charge on any atom is 0.238 e. The molecule has 3 rings (SSSR count). The van der Waals surface area contributed by atoms with E-state index in [9.17, 15) is 9.90 Å². The van der Waals surface area contributed by atoms with Crippen molar-refractivity contribution in [3.05, 3.63) is 24.3 Å². The van der Waals surface area contributed by atoms with Gasteiger partial charge in [0.15, 0.2) is 0 Å². The van der Waals surface area contributed by atoms with Crippen LogP contribution in [0.2, 0.25) is 0 Å². The average Bonchev–Trinajstić information content (AvgIpc) is 3.21. The molecule has 108 valence electrons. The number of aliphatic hydroxyl groups is 1. The zero-order valence-electron chi connectivity index (χ0n) is 11.6. The van der Waals surface area contributed by atoms with Gasteiger partial charge >= 0.3 is 0 Å². The lowest BCUT2D eigenvalue weighted by Gasteiger charge is -2.46. The summed E-state index contributed by atoms with van der Waals surface area (Å²) in [5, 5.41) is 13.0. The molecule has 0 aromatic heterocycles. The van der Waals surface area contributed by atoms with Gasteiger partial charge in [0.1, 0.15) is 5.75 Å². The zero-order valence-corrected chi connectivity index (χ0v) is 11.6. The fourth-order valence-corrected chi connectivity index (χ4v) is 2.82. The zero-order chi connectivity index (χ0) is 14.2. The number of hydrogen-bond donors (Lipinski definition) is 2. The lowest BCUT2D eigenvalue weighted by molar-refractivity contribution is -0.132. The third-order valence-electron chi connectivity index (χ3n) is 4.05. The average molecular weight is 276 g/mol. The molecule has 0 bridgehead atoms. The van der Waals surface area contributed by atoms with Gasteiger partial charge in [-0.05, 0) is 30.9 Å². The molecule has 1 aromatic carbocycles. The van der Waals surface area contributed by atoms with Crippen molar-refractivity contribution in [3.8, 4) is 5.75 Å². The SMILES string of the molecule is COc1cccc(NC(=O)CN2CC(O)(C3CC3)C2)c1. The number of nitrogens with zero attached hydrogens (tertiary/aromatic N) is 1. The first-order chi connectivity index (χ1) is 9.59. The smallest absolute Gasteiger partial charge is 0.238 e. The van der Waals surface area contributed by atoms with Gasteiger partial charge in [0.2, 0.25) is 5.91 Å². The molecule has 1 amide bonds. The van der Waals surface area contributed by atoms with Crippen LogP contribution in [0.15, 0.2) is 24.3 Å². The summed E-state index contributed by atoms with van der Waals surface area (Å²) >= 11 is 0. The van der Waals surface area contributed by atoms with Crippen LogP contribution in [0.5, 0.6) is 5.75 Å². The second-order valence-electron chi connectivity index (χ2n) is 5.80. The molecule has 2 N–H and O–H groups in total. The molecule has 0 spiro atoms. The highest BCUT2D eigenvalue weighted by Crippen LogP contribution is 2.44. The highest BCUT2D eigenvalue weighted by Gasteiger charge is 2.51. The molecule has 5 nitrogen and oxygen atoms in total. The van der Waals surface area contributed by atoms with Crippen molar-refractivity contribution >= 4 is 11.6 Å². The number of likely N-dealkylation sites (tertiary alicyclic amines) is 1. The highest BCUT2D eigenvalue weighted by molar-refractivity contribution is 5.92. The molecule has 20 heavy (non-hydrogen) atoms. The largest absolute Gasteiger partial charge is 0.497 e. The minimum Gasteiger partial charge on any atom is -0.497 e. The summed E-state index contributed by atoms with van der Waals surface area (Å²) in [7, 11) is 1.60. The van der Waals surface area contributed by atoms with Crippen LogP contribution >= 0.6 is 0 Å². The standard InChI is InChI=1S/C15H20N2O3/c1-20-13-4-2-3-12(7-13)16-14(18)8-17-9-15(19,10-17)11-5-6-11/h2-4,7,11,19H,5-6,8-10H2,1H3,(H,16,18). The van der Waals surface area contributed by atoms with E-state index in [1.807, 2.05) is 23.1 Å². The van der Waals surface area contributed by atoms with Crippen LogP contribution in [-0.2, 0) is 4.79 Å². The Morgan fingerprint density at radius 3 is 2.90 bits per heavy atom. The van der Waals surface area contributed by atoms with Gasteiger partial charge in [0.05, 0.1) is 19.3 Å². The molecular weight excluding hydrogens is 256 g/mol. The predicted octanol–water partition coefficient (Wildman–Crippen LogP) is 1.09. The molecular formula is C15H20N2O3. The van der Waals surface area contributed by atoms with E-state index in [2.05, 4.69) is 5.32 Å². The summed E-state index contributed by atoms with van der Waals surface area (Å²) in [5.41, 5.74) is 0.198. The number of amides is 1. The summed E-state index contributed by atoms with van der Waals surface area (Å²) in [6, 6.07) is 7.29. The number of benzene rings is 1. The second kappa shape index (κ2) is 5.07. The van der Waals surface area contributed by atoms with Gasteiger partial charge in [0.25, 0.3) is 0 Å². The summed E-state index contributed by atoms with van der Waals surface area (Å²) < 4.78 is 5.12. The normalized spacial score (nSPS) is 21.1. The summed E-state index contributed by atoms with van der Waals surface area (Å²) in [6.45, 7) is 1.55. The van der Waals surface area contributed by atoms with E-state index in [1.54, 1.807) is 13.2 Å². The number of rotatable bonds is 5. The minimum atomic E-state index is -0.532. The van der Waals surface area contributed by atoms with Gasteiger partial charge in [0, 0.05) is 24.8 Å². The van der Waals surface area contributed by atoms with Gasteiger partial charge in [-0.2, -0.15) is 0 Å². The molecule has 0 atom stereocenters. The van der Waals surface area contributed by atoms with Gasteiger partial charge in [-0.3, -0.25) is 9.69 Å². The molecule has 0 unspecified atom stereocenters. The first kappa shape index (κ1) is 13.4. The number of methoxy groups -OCH3 is 1. The van der Waals surface area contributed by atoms with Crippen LogP contribution in [-0.4, -0.2) is 48.3 Å². The molecule has 1 heterocycles. The molecule has 2 aliphatic rings. The van der Waals surface area contributed by atoms with E-state index < -0.39 is 5.60 Å². The van der Waals surface area contributed by atoms with Crippen molar-refractivity contribution in [2.45, 2.75) is 18.4 Å².